The van der Waals surface area contributed by atoms with Crippen molar-refractivity contribution in [1.29, 1.82) is 0 Å². The third-order valence-corrected chi connectivity index (χ3v) is 7.50. The predicted octanol–water partition coefficient (Wildman–Crippen LogP) is 4.50. The first-order valence-corrected chi connectivity index (χ1v) is 14.3. The van der Waals surface area contributed by atoms with Gasteiger partial charge in [0.15, 0.2) is 0 Å². The molecule has 0 bridgehead atoms. The first-order valence-electron chi connectivity index (χ1n) is 14.3. The van der Waals surface area contributed by atoms with Crippen LogP contribution in [0, 0.1) is 10.1 Å². The minimum Gasteiger partial charge on any atom is -0.492 e. The van der Waals surface area contributed by atoms with E-state index in [2.05, 4.69) is 15.5 Å². The topological polar surface area (TPSA) is 157 Å². The van der Waals surface area contributed by atoms with Crippen LogP contribution < -0.4 is 25.0 Å². The minimum atomic E-state index is -0.458. The molecule has 0 atom stereocenters. The smallest absolute Gasteiger partial charge is 0.269 e. The molecule has 46 heavy (non-hydrogen) atoms. The van der Waals surface area contributed by atoms with Gasteiger partial charge in [-0.3, -0.25) is 39.9 Å². The van der Waals surface area contributed by atoms with Crippen LogP contribution in [0.3, 0.4) is 0 Å². The number of hydrogen-bond acceptors (Lipinski definition) is 9. The molecule has 4 aromatic carbocycles. The van der Waals surface area contributed by atoms with Gasteiger partial charge in [0, 0.05) is 17.8 Å². The molecule has 0 aromatic heterocycles. The molecule has 6 rings (SSSR count). The van der Waals surface area contributed by atoms with E-state index in [1.54, 1.807) is 48.5 Å². The van der Waals surface area contributed by atoms with Crippen LogP contribution in [0.15, 0.2) is 84.9 Å². The van der Waals surface area contributed by atoms with E-state index < -0.39 is 28.6 Å². The summed E-state index contributed by atoms with van der Waals surface area (Å²) in [6, 6.07) is 23.6. The van der Waals surface area contributed by atoms with Gasteiger partial charge in [-0.2, -0.15) is 0 Å². The molecule has 0 unspecified atom stereocenters. The van der Waals surface area contributed by atoms with E-state index in [1.807, 2.05) is 36.4 Å². The highest BCUT2D eigenvalue weighted by molar-refractivity contribution is 6.22. The second-order valence-corrected chi connectivity index (χ2v) is 10.4. The van der Waals surface area contributed by atoms with Gasteiger partial charge in [0.25, 0.3) is 29.3 Å². The highest BCUT2D eigenvalue weighted by atomic mass is 16.6. The summed E-state index contributed by atoms with van der Waals surface area (Å²) < 4.78 is 11.9. The van der Waals surface area contributed by atoms with Crippen LogP contribution in [0.1, 0.15) is 52.6 Å². The first kappa shape index (κ1) is 29.8. The lowest BCUT2D eigenvalue weighted by Gasteiger charge is -2.25. The van der Waals surface area contributed by atoms with Crippen molar-refractivity contribution in [3.8, 4) is 11.5 Å². The van der Waals surface area contributed by atoms with Crippen LogP contribution in [0.25, 0.3) is 12.2 Å². The van der Waals surface area contributed by atoms with Gasteiger partial charge < -0.3 is 14.4 Å². The number of nitrogens with zero attached hydrogens (tertiary/aromatic N) is 2. The average Bonchev–Trinajstić information content (AvgIpc) is 3.51. The molecule has 4 aromatic rings. The number of nitro benzene ring substituents is 1. The van der Waals surface area contributed by atoms with Crippen LogP contribution >= 0.6 is 0 Å². The van der Waals surface area contributed by atoms with E-state index >= 15 is 0 Å². The fourth-order valence-electron chi connectivity index (χ4n) is 5.09. The Labute approximate surface area is 262 Å². The number of rotatable bonds is 12. The normalized spacial score (nSPS) is 13.3. The maximum Gasteiger partial charge on any atom is 0.269 e. The predicted molar refractivity (Wildman–Crippen MR) is 168 cm³/mol. The molecule has 0 saturated heterocycles. The molecule has 4 amide bonds. The molecule has 0 aliphatic carbocycles. The standard InChI is InChI=1S/C34H26N4O8/c39-31-27-13-11-25(19-29(27)33(41)35-31)45-17-15-37(16-18-46-26-12-14-28-30(20-26)34(42)36-32(28)40)23-7-3-21(4-8-23)1-2-22-5-9-24(10-6-22)38(43)44/h1-14,19-20H,15-18H2,(H,35,39,41)(H,36,40,42)/b2-1+. The van der Waals surface area contributed by atoms with Gasteiger partial charge in [-0.05, 0) is 71.8 Å². The number of anilines is 1. The van der Waals surface area contributed by atoms with Gasteiger partial charge in [-0.1, -0.05) is 24.3 Å². The maximum absolute atomic E-state index is 12.0. The number of fused-ring (bicyclic) bond motifs is 2. The largest absolute Gasteiger partial charge is 0.492 e. The Bertz CT molecular complexity index is 1820. The zero-order chi connectivity index (χ0) is 32.2. The van der Waals surface area contributed by atoms with Gasteiger partial charge in [0.1, 0.15) is 24.7 Å². The number of non-ortho nitro benzene ring substituents is 1. The lowest BCUT2D eigenvalue weighted by molar-refractivity contribution is -0.384. The summed E-state index contributed by atoms with van der Waals surface area (Å²) in [6.45, 7) is 1.42. The van der Waals surface area contributed by atoms with Gasteiger partial charge in [-0.15, -0.1) is 0 Å². The Kier molecular flexibility index (Phi) is 8.24. The second kappa shape index (κ2) is 12.7. The van der Waals surface area contributed by atoms with Gasteiger partial charge in [0.2, 0.25) is 0 Å². The van der Waals surface area contributed by atoms with Crippen LogP contribution in [-0.4, -0.2) is 54.9 Å². The second-order valence-electron chi connectivity index (χ2n) is 10.4. The van der Waals surface area contributed by atoms with Crippen molar-refractivity contribution in [2.75, 3.05) is 31.2 Å². The summed E-state index contributed by atoms with van der Waals surface area (Å²) in [4.78, 5) is 60.3. The summed E-state index contributed by atoms with van der Waals surface area (Å²) in [6.07, 6.45) is 3.78. The van der Waals surface area contributed by atoms with Gasteiger partial charge in [-0.25, -0.2) is 0 Å². The van der Waals surface area contributed by atoms with Crippen molar-refractivity contribution in [3.05, 3.63) is 128 Å². The van der Waals surface area contributed by atoms with Crippen LogP contribution in [-0.2, 0) is 0 Å². The summed E-state index contributed by atoms with van der Waals surface area (Å²) >= 11 is 0. The highest BCUT2D eigenvalue weighted by Crippen LogP contribution is 2.24. The molecule has 2 heterocycles. The van der Waals surface area contributed by atoms with Crippen LogP contribution in [0.5, 0.6) is 11.5 Å². The molecular weight excluding hydrogens is 592 g/mol. The van der Waals surface area contributed by atoms with Crippen molar-refractivity contribution in [3.63, 3.8) is 0 Å². The fourth-order valence-corrected chi connectivity index (χ4v) is 5.09. The monoisotopic (exact) mass is 618 g/mol. The zero-order valence-corrected chi connectivity index (χ0v) is 24.2. The molecule has 0 saturated carbocycles. The number of ether oxygens (including phenoxy) is 2. The summed E-state index contributed by atoms with van der Waals surface area (Å²) in [5.41, 5.74) is 3.84. The number of nitro groups is 1. The number of imide groups is 2. The zero-order valence-electron chi connectivity index (χ0n) is 24.2. The van der Waals surface area contributed by atoms with Gasteiger partial charge in [0.05, 0.1) is 40.3 Å². The Morgan fingerprint density at radius 2 is 1.04 bits per heavy atom. The number of carbonyl (C=O) groups excluding carboxylic acids is 4. The lowest BCUT2D eigenvalue weighted by atomic mass is 10.1. The number of amides is 4. The summed E-state index contributed by atoms with van der Waals surface area (Å²) in [7, 11) is 0. The van der Waals surface area contributed by atoms with E-state index in [9.17, 15) is 29.3 Å². The van der Waals surface area contributed by atoms with Crippen molar-refractivity contribution >= 4 is 47.2 Å². The van der Waals surface area contributed by atoms with Crippen molar-refractivity contribution in [2.45, 2.75) is 0 Å². The minimum absolute atomic E-state index is 0.0306. The fraction of sp³-hybridized carbons (Fsp3) is 0.118. The molecule has 2 aliphatic heterocycles. The summed E-state index contributed by atoms with van der Waals surface area (Å²) in [5, 5.41) is 15.4. The van der Waals surface area contributed by atoms with Crippen LogP contribution in [0.4, 0.5) is 11.4 Å². The SMILES string of the molecule is O=C1NC(=O)c2cc(OCCN(CCOc3ccc4c(c3)C(=O)NC4=O)c3ccc(/C=C/c4ccc([N+](=O)[O-])cc4)cc3)ccc21. The maximum atomic E-state index is 12.0. The Hall–Kier alpha value is -6.30. The van der Waals surface area contributed by atoms with Crippen molar-refractivity contribution in [2.24, 2.45) is 0 Å². The summed E-state index contributed by atoms with van der Waals surface area (Å²) in [5.74, 6) is -0.866. The molecule has 230 valence electrons. The lowest BCUT2D eigenvalue weighted by Crippen LogP contribution is -2.32. The number of benzene rings is 4. The van der Waals surface area contributed by atoms with E-state index in [1.165, 1.54) is 12.1 Å². The van der Waals surface area contributed by atoms with Crippen molar-refractivity contribution < 1.29 is 33.6 Å². The Balaban J connectivity index is 1.13. The molecule has 0 fully saturated rings. The van der Waals surface area contributed by atoms with E-state index in [4.69, 9.17) is 9.47 Å². The average molecular weight is 619 g/mol. The quantitative estimate of drug-likeness (QED) is 0.101. The van der Waals surface area contributed by atoms with Crippen LogP contribution in [0.2, 0.25) is 0 Å². The molecule has 2 aliphatic rings. The van der Waals surface area contributed by atoms with Gasteiger partial charge >= 0.3 is 0 Å². The third-order valence-electron chi connectivity index (χ3n) is 7.50. The van der Waals surface area contributed by atoms with Crippen molar-refractivity contribution in [1.82, 2.24) is 10.6 Å². The molecule has 12 heteroatoms. The Morgan fingerprint density at radius 1 is 0.609 bits per heavy atom. The third kappa shape index (κ3) is 6.45. The van der Waals surface area contributed by atoms with E-state index in [0.29, 0.717) is 35.7 Å². The molecule has 12 nitrogen and oxygen atoms in total. The Morgan fingerprint density at radius 3 is 1.50 bits per heavy atom. The molecular formula is C34H26N4O8. The first-order chi connectivity index (χ1) is 22.2. The highest BCUT2D eigenvalue weighted by Gasteiger charge is 2.28. The number of nitrogens with one attached hydrogen (secondary N) is 2. The van der Waals surface area contributed by atoms with E-state index in [0.717, 1.165) is 16.8 Å². The number of hydrogen-bond donors (Lipinski definition) is 2. The molecule has 0 radical (unpaired) electrons. The van der Waals surface area contributed by atoms with E-state index in [-0.39, 0.29) is 30.0 Å². The number of carbonyl (C=O) groups is 4. The molecule has 2 N–H and O–H groups in total. The molecule has 0 spiro atoms.